The first-order valence-corrected chi connectivity index (χ1v) is 6.77. The molecule has 0 aliphatic carbocycles. The number of benzene rings is 1. The average Bonchev–Trinajstić information content (AvgIpc) is 2.45. The fourth-order valence-corrected chi connectivity index (χ4v) is 2.09. The molecule has 0 saturated carbocycles. The molecule has 5 nitrogen and oxygen atoms in total. The van der Waals surface area contributed by atoms with Crippen LogP contribution < -0.4 is 5.32 Å². The fraction of sp³-hybridized carbons (Fsp3) is 0.429. The highest BCUT2D eigenvalue weighted by atomic mass is 35.5. The van der Waals surface area contributed by atoms with Crippen molar-refractivity contribution in [3.63, 3.8) is 0 Å². The van der Waals surface area contributed by atoms with E-state index in [1.165, 1.54) is 0 Å². The van der Waals surface area contributed by atoms with Crippen molar-refractivity contribution in [3.8, 4) is 0 Å². The molecule has 1 aromatic carbocycles. The number of halogens is 1. The molecule has 1 atom stereocenters. The maximum atomic E-state index is 10.2. The van der Waals surface area contributed by atoms with Gasteiger partial charge in [0.25, 0.3) is 0 Å². The summed E-state index contributed by atoms with van der Waals surface area (Å²) in [6.07, 6.45) is 0.537. The first-order chi connectivity index (χ1) is 9.53. The Balaban J connectivity index is 2.16. The lowest BCUT2D eigenvalue weighted by molar-refractivity contribution is 0.0357. The maximum Gasteiger partial charge on any atom is 0.159 e. The second kappa shape index (κ2) is 6.35. The normalized spacial score (nSPS) is 14.2. The van der Waals surface area contributed by atoms with Crippen LogP contribution in [0.4, 0.5) is 5.82 Å². The van der Waals surface area contributed by atoms with Gasteiger partial charge in [-0.05, 0) is 6.92 Å². The molecule has 0 fully saturated rings. The summed E-state index contributed by atoms with van der Waals surface area (Å²) < 4.78 is 4.98. The molecule has 1 heterocycles. The van der Waals surface area contributed by atoms with Gasteiger partial charge in [-0.1, -0.05) is 35.9 Å². The van der Waals surface area contributed by atoms with E-state index < -0.39 is 5.60 Å². The van der Waals surface area contributed by atoms with Gasteiger partial charge in [0, 0.05) is 37.5 Å². The predicted octanol–water partition coefficient (Wildman–Crippen LogP) is 2.48. The molecule has 0 aliphatic rings. The van der Waals surface area contributed by atoms with E-state index in [0.29, 0.717) is 30.5 Å². The van der Waals surface area contributed by atoms with Gasteiger partial charge in [0.15, 0.2) is 11.0 Å². The third-order valence-corrected chi connectivity index (χ3v) is 3.40. The lowest BCUT2D eigenvalue weighted by Gasteiger charge is -2.23. The third kappa shape index (κ3) is 3.56. The second-order valence-electron chi connectivity index (χ2n) is 4.98. The smallest absolute Gasteiger partial charge is 0.159 e. The van der Waals surface area contributed by atoms with Gasteiger partial charge in [0.2, 0.25) is 0 Å². The molecule has 108 valence electrons. The Morgan fingerprint density at radius 2 is 2.00 bits per heavy atom. The zero-order valence-corrected chi connectivity index (χ0v) is 12.3. The molecule has 0 spiro atoms. The number of nitrogens with zero attached hydrogens (tertiary/aromatic N) is 2. The number of hydrogen-bond acceptors (Lipinski definition) is 5. The van der Waals surface area contributed by atoms with E-state index >= 15 is 0 Å². The maximum absolute atomic E-state index is 10.2. The van der Waals surface area contributed by atoms with Crippen LogP contribution in [-0.2, 0) is 4.74 Å². The molecule has 0 aliphatic heterocycles. The van der Waals surface area contributed by atoms with E-state index in [1.54, 1.807) is 14.0 Å². The van der Waals surface area contributed by atoms with E-state index in [1.807, 2.05) is 24.3 Å². The lowest BCUT2D eigenvalue weighted by atomic mass is 10.0. The molecule has 20 heavy (non-hydrogen) atoms. The summed E-state index contributed by atoms with van der Waals surface area (Å²) in [6, 6.07) is 7.62. The van der Waals surface area contributed by atoms with Crippen LogP contribution in [0.1, 0.15) is 13.3 Å². The van der Waals surface area contributed by atoms with E-state index in [0.717, 1.165) is 10.8 Å². The third-order valence-electron chi connectivity index (χ3n) is 3.12. The average molecular weight is 296 g/mol. The zero-order valence-electron chi connectivity index (χ0n) is 11.6. The Kier molecular flexibility index (Phi) is 4.75. The Labute approximate surface area is 122 Å². The molecular weight excluding hydrogens is 278 g/mol. The van der Waals surface area contributed by atoms with Crippen molar-refractivity contribution in [2.45, 2.75) is 18.9 Å². The minimum absolute atomic E-state index is 0.358. The van der Waals surface area contributed by atoms with E-state index in [2.05, 4.69) is 15.5 Å². The van der Waals surface area contributed by atoms with Crippen molar-refractivity contribution >= 4 is 28.2 Å². The van der Waals surface area contributed by atoms with E-state index in [9.17, 15) is 5.11 Å². The van der Waals surface area contributed by atoms with E-state index in [-0.39, 0.29) is 0 Å². The minimum Gasteiger partial charge on any atom is -0.388 e. The molecule has 0 amide bonds. The molecule has 2 N–H and O–H groups in total. The minimum atomic E-state index is -0.877. The molecule has 0 saturated heterocycles. The van der Waals surface area contributed by atoms with Crippen LogP contribution in [0.3, 0.4) is 0 Å². The summed E-state index contributed by atoms with van der Waals surface area (Å²) >= 11 is 6.02. The van der Waals surface area contributed by atoms with Crippen molar-refractivity contribution in [1.82, 2.24) is 10.2 Å². The van der Waals surface area contributed by atoms with Crippen LogP contribution in [0, 0.1) is 0 Å². The summed E-state index contributed by atoms with van der Waals surface area (Å²) in [5.41, 5.74) is -0.877. The number of ether oxygens (including phenoxy) is 1. The molecule has 1 unspecified atom stereocenters. The number of aliphatic hydroxyl groups is 1. The quantitative estimate of drug-likeness (QED) is 0.857. The van der Waals surface area contributed by atoms with Gasteiger partial charge < -0.3 is 15.2 Å². The van der Waals surface area contributed by atoms with Gasteiger partial charge in [-0.25, -0.2) is 0 Å². The van der Waals surface area contributed by atoms with Gasteiger partial charge in [0.05, 0.1) is 5.60 Å². The monoisotopic (exact) mass is 295 g/mol. The Bertz CT molecular complexity index is 590. The molecule has 0 bridgehead atoms. The SMILES string of the molecule is COCCC(C)(O)CNc1nnc(Cl)c2ccccc12. The highest BCUT2D eigenvalue weighted by Crippen LogP contribution is 2.26. The lowest BCUT2D eigenvalue weighted by Crippen LogP contribution is -2.35. The number of rotatable bonds is 6. The highest BCUT2D eigenvalue weighted by molar-refractivity contribution is 6.34. The largest absolute Gasteiger partial charge is 0.388 e. The van der Waals surface area contributed by atoms with Crippen molar-refractivity contribution in [1.29, 1.82) is 0 Å². The molecule has 1 aromatic heterocycles. The standard InChI is InChI=1S/C14H18ClN3O2/c1-14(19,7-8-20-2)9-16-13-11-6-4-3-5-10(11)12(15)17-18-13/h3-6,19H,7-9H2,1-2H3,(H,16,18). The first-order valence-electron chi connectivity index (χ1n) is 6.39. The number of nitrogens with one attached hydrogen (secondary N) is 1. The number of aromatic nitrogens is 2. The number of anilines is 1. The number of methoxy groups -OCH3 is 1. The Morgan fingerprint density at radius 1 is 1.30 bits per heavy atom. The van der Waals surface area contributed by atoms with Gasteiger partial charge in [-0.15, -0.1) is 10.2 Å². The summed E-state index contributed by atoms with van der Waals surface area (Å²) in [5, 5.41) is 23.4. The first kappa shape index (κ1) is 15.0. The van der Waals surface area contributed by atoms with Crippen LogP contribution >= 0.6 is 11.6 Å². The fourth-order valence-electron chi connectivity index (χ4n) is 1.89. The van der Waals surface area contributed by atoms with E-state index in [4.69, 9.17) is 16.3 Å². The summed E-state index contributed by atoms with van der Waals surface area (Å²) in [6.45, 7) is 2.61. The van der Waals surface area contributed by atoms with Crippen molar-refractivity contribution < 1.29 is 9.84 Å². The molecular formula is C14H18ClN3O2. The topological polar surface area (TPSA) is 67.3 Å². The number of hydrogen-bond donors (Lipinski definition) is 2. The highest BCUT2D eigenvalue weighted by Gasteiger charge is 2.20. The number of fused-ring (bicyclic) bond motifs is 1. The Morgan fingerprint density at radius 3 is 2.70 bits per heavy atom. The van der Waals surface area contributed by atoms with Gasteiger partial charge in [-0.3, -0.25) is 0 Å². The summed E-state index contributed by atoms with van der Waals surface area (Å²) in [5.74, 6) is 0.614. The predicted molar refractivity (Wildman–Crippen MR) is 80.2 cm³/mol. The van der Waals surface area contributed by atoms with Crippen molar-refractivity contribution in [2.75, 3.05) is 25.6 Å². The molecule has 2 aromatic rings. The van der Waals surface area contributed by atoms with Crippen LogP contribution in [0.25, 0.3) is 10.8 Å². The molecule has 0 radical (unpaired) electrons. The summed E-state index contributed by atoms with van der Waals surface area (Å²) in [7, 11) is 1.61. The zero-order chi connectivity index (χ0) is 14.6. The molecule has 6 heteroatoms. The van der Waals surface area contributed by atoms with Crippen LogP contribution in [0.2, 0.25) is 5.15 Å². The van der Waals surface area contributed by atoms with Crippen LogP contribution in [0.15, 0.2) is 24.3 Å². The Hall–Kier alpha value is -1.43. The van der Waals surface area contributed by atoms with Gasteiger partial charge in [0.1, 0.15) is 0 Å². The van der Waals surface area contributed by atoms with Gasteiger partial charge >= 0.3 is 0 Å². The van der Waals surface area contributed by atoms with Crippen molar-refractivity contribution in [2.24, 2.45) is 0 Å². The molecule has 2 rings (SSSR count). The van der Waals surface area contributed by atoms with Crippen LogP contribution in [-0.4, -0.2) is 41.2 Å². The summed E-state index contributed by atoms with van der Waals surface area (Å²) in [4.78, 5) is 0. The van der Waals surface area contributed by atoms with Gasteiger partial charge in [-0.2, -0.15) is 0 Å². The second-order valence-corrected chi connectivity index (χ2v) is 5.34. The van der Waals surface area contributed by atoms with Crippen molar-refractivity contribution in [3.05, 3.63) is 29.4 Å². The van der Waals surface area contributed by atoms with Crippen LogP contribution in [0.5, 0.6) is 0 Å².